The first-order valence-corrected chi connectivity index (χ1v) is 10.4. The Kier molecular flexibility index (Phi) is 7.39. The molecular formula is C21H21N5O4S. The Morgan fingerprint density at radius 1 is 1.00 bits per heavy atom. The molecule has 0 bridgehead atoms. The Morgan fingerprint density at radius 3 is 2.29 bits per heavy atom. The van der Waals surface area contributed by atoms with Gasteiger partial charge < -0.3 is 15.4 Å². The third-order valence-electron chi connectivity index (χ3n) is 3.96. The number of carbonyl (C=O) groups excluding carboxylic acids is 3. The summed E-state index contributed by atoms with van der Waals surface area (Å²) in [4.78, 5) is 39.3. The van der Waals surface area contributed by atoms with Crippen molar-refractivity contribution in [1.82, 2.24) is 15.2 Å². The summed E-state index contributed by atoms with van der Waals surface area (Å²) in [5.41, 5.74) is 2.50. The molecule has 0 spiro atoms. The van der Waals surface area contributed by atoms with Crippen LogP contribution in [0.25, 0.3) is 11.4 Å². The number of esters is 1. The van der Waals surface area contributed by atoms with E-state index >= 15 is 0 Å². The molecule has 0 fully saturated rings. The molecule has 0 unspecified atom stereocenters. The number of benzene rings is 2. The van der Waals surface area contributed by atoms with Crippen LogP contribution in [0.2, 0.25) is 0 Å². The van der Waals surface area contributed by atoms with Crippen molar-refractivity contribution < 1.29 is 19.1 Å². The van der Waals surface area contributed by atoms with Crippen LogP contribution in [0.1, 0.15) is 24.2 Å². The van der Waals surface area contributed by atoms with Crippen LogP contribution in [-0.4, -0.2) is 45.3 Å². The summed E-state index contributed by atoms with van der Waals surface area (Å²) in [6, 6.07) is 13.6. The summed E-state index contributed by atoms with van der Waals surface area (Å²) in [6.45, 7) is 3.49. The lowest BCUT2D eigenvalue weighted by Gasteiger charge is -2.06. The lowest BCUT2D eigenvalue weighted by atomic mass is 10.2. The van der Waals surface area contributed by atoms with Gasteiger partial charge in [0.1, 0.15) is 0 Å². The van der Waals surface area contributed by atoms with Gasteiger partial charge in [-0.25, -0.2) is 9.78 Å². The number of thioether (sulfide) groups is 1. The van der Waals surface area contributed by atoms with E-state index < -0.39 is 5.97 Å². The summed E-state index contributed by atoms with van der Waals surface area (Å²) in [5, 5.41) is 12.9. The van der Waals surface area contributed by atoms with Gasteiger partial charge in [0.2, 0.25) is 17.0 Å². The lowest BCUT2D eigenvalue weighted by Crippen LogP contribution is -2.14. The smallest absolute Gasteiger partial charge is 0.338 e. The number of nitrogens with one attached hydrogen (secondary N) is 3. The molecule has 31 heavy (non-hydrogen) atoms. The third kappa shape index (κ3) is 6.41. The van der Waals surface area contributed by atoms with Gasteiger partial charge in [0, 0.05) is 23.9 Å². The molecule has 0 saturated heterocycles. The highest BCUT2D eigenvalue weighted by Gasteiger charge is 2.11. The second kappa shape index (κ2) is 10.4. The lowest BCUT2D eigenvalue weighted by molar-refractivity contribution is -0.114. The largest absolute Gasteiger partial charge is 0.462 e. The molecular weight excluding hydrogens is 418 g/mol. The Labute approximate surface area is 183 Å². The molecule has 9 nitrogen and oxygen atoms in total. The van der Waals surface area contributed by atoms with Crippen LogP contribution < -0.4 is 10.6 Å². The highest BCUT2D eigenvalue weighted by atomic mass is 32.2. The Morgan fingerprint density at radius 2 is 1.65 bits per heavy atom. The van der Waals surface area contributed by atoms with E-state index in [1.54, 1.807) is 43.3 Å². The van der Waals surface area contributed by atoms with Crippen molar-refractivity contribution in [3.05, 3.63) is 54.1 Å². The monoisotopic (exact) mass is 439 g/mol. The molecule has 2 aromatic carbocycles. The van der Waals surface area contributed by atoms with Gasteiger partial charge in [0.15, 0.2) is 5.82 Å². The maximum atomic E-state index is 12.2. The molecule has 1 aromatic heterocycles. The highest BCUT2D eigenvalue weighted by molar-refractivity contribution is 7.99. The van der Waals surface area contributed by atoms with Crippen LogP contribution in [0.3, 0.4) is 0 Å². The molecule has 0 atom stereocenters. The quantitative estimate of drug-likeness (QED) is 0.363. The number of ether oxygens (including phenoxy) is 1. The van der Waals surface area contributed by atoms with Crippen LogP contribution in [0, 0.1) is 0 Å². The van der Waals surface area contributed by atoms with Crippen molar-refractivity contribution in [2.75, 3.05) is 23.0 Å². The van der Waals surface area contributed by atoms with Crippen molar-refractivity contribution in [2.45, 2.75) is 19.0 Å². The summed E-state index contributed by atoms with van der Waals surface area (Å²) in [5.74, 6) is -0.0783. The number of hydrogen-bond donors (Lipinski definition) is 3. The molecule has 2 amide bonds. The van der Waals surface area contributed by atoms with E-state index in [-0.39, 0.29) is 17.6 Å². The van der Waals surface area contributed by atoms with E-state index in [9.17, 15) is 14.4 Å². The molecule has 10 heteroatoms. The average molecular weight is 439 g/mol. The first-order chi connectivity index (χ1) is 14.9. The second-order valence-electron chi connectivity index (χ2n) is 6.36. The van der Waals surface area contributed by atoms with Crippen molar-refractivity contribution in [1.29, 1.82) is 0 Å². The van der Waals surface area contributed by atoms with E-state index in [1.807, 2.05) is 12.1 Å². The Bertz CT molecular complexity index is 1060. The van der Waals surface area contributed by atoms with Gasteiger partial charge in [-0.15, -0.1) is 5.10 Å². The van der Waals surface area contributed by atoms with Crippen LogP contribution in [0.4, 0.5) is 11.4 Å². The Balaban J connectivity index is 1.51. The molecule has 3 N–H and O–H groups in total. The number of anilines is 2. The zero-order valence-corrected chi connectivity index (χ0v) is 17.8. The molecule has 3 rings (SSSR count). The van der Waals surface area contributed by atoms with Gasteiger partial charge in [-0.3, -0.25) is 14.7 Å². The molecule has 160 valence electrons. The molecule has 0 aliphatic carbocycles. The normalized spacial score (nSPS) is 10.4. The second-order valence-corrected chi connectivity index (χ2v) is 7.30. The highest BCUT2D eigenvalue weighted by Crippen LogP contribution is 2.21. The zero-order valence-electron chi connectivity index (χ0n) is 17.0. The summed E-state index contributed by atoms with van der Waals surface area (Å²) < 4.78 is 4.93. The molecule has 0 aliphatic heterocycles. The van der Waals surface area contributed by atoms with Gasteiger partial charge in [-0.05, 0) is 55.5 Å². The minimum Gasteiger partial charge on any atom is -0.462 e. The molecule has 0 saturated carbocycles. The van der Waals surface area contributed by atoms with Crippen molar-refractivity contribution in [3.8, 4) is 11.4 Å². The first kappa shape index (κ1) is 22.0. The number of carbonyl (C=O) groups is 3. The van der Waals surface area contributed by atoms with Crippen molar-refractivity contribution >= 4 is 40.9 Å². The van der Waals surface area contributed by atoms with E-state index in [0.717, 1.165) is 5.56 Å². The summed E-state index contributed by atoms with van der Waals surface area (Å²) >= 11 is 1.19. The number of rotatable bonds is 8. The molecule has 1 heterocycles. The number of nitrogens with zero attached hydrogens (tertiary/aromatic N) is 2. The van der Waals surface area contributed by atoms with Gasteiger partial charge >= 0.3 is 5.97 Å². The fourth-order valence-electron chi connectivity index (χ4n) is 2.59. The van der Waals surface area contributed by atoms with E-state index in [0.29, 0.717) is 34.5 Å². The number of amides is 2. The van der Waals surface area contributed by atoms with Gasteiger partial charge in [0.05, 0.1) is 17.9 Å². The van der Waals surface area contributed by atoms with Crippen LogP contribution >= 0.6 is 11.8 Å². The summed E-state index contributed by atoms with van der Waals surface area (Å²) in [6.07, 6.45) is 0. The topological polar surface area (TPSA) is 126 Å². The van der Waals surface area contributed by atoms with Gasteiger partial charge in [-0.2, -0.15) is 0 Å². The van der Waals surface area contributed by atoms with E-state index in [1.165, 1.54) is 18.7 Å². The maximum Gasteiger partial charge on any atom is 0.338 e. The SMILES string of the molecule is CCOC(=O)c1ccc(NC(=O)CSc2n[nH]c(-c3ccc(NC(C)=O)cc3)n2)cc1. The summed E-state index contributed by atoms with van der Waals surface area (Å²) in [7, 11) is 0. The molecule has 0 aliphatic rings. The third-order valence-corrected chi connectivity index (χ3v) is 4.80. The number of hydrogen-bond acceptors (Lipinski definition) is 7. The van der Waals surface area contributed by atoms with Crippen LogP contribution in [0.5, 0.6) is 0 Å². The number of H-pyrrole nitrogens is 1. The van der Waals surface area contributed by atoms with Crippen LogP contribution in [-0.2, 0) is 14.3 Å². The average Bonchev–Trinajstić information content (AvgIpc) is 3.22. The van der Waals surface area contributed by atoms with Crippen molar-refractivity contribution in [2.24, 2.45) is 0 Å². The first-order valence-electron chi connectivity index (χ1n) is 9.45. The fraction of sp³-hybridized carbons (Fsp3) is 0.190. The van der Waals surface area contributed by atoms with Crippen molar-refractivity contribution in [3.63, 3.8) is 0 Å². The number of aromatic nitrogens is 3. The minimum absolute atomic E-state index is 0.123. The predicted molar refractivity (Wildman–Crippen MR) is 118 cm³/mol. The van der Waals surface area contributed by atoms with Crippen LogP contribution in [0.15, 0.2) is 53.7 Å². The standard InChI is InChI=1S/C21H21N5O4S/c1-3-30-20(29)15-6-10-17(11-7-15)23-18(28)12-31-21-24-19(25-26-21)14-4-8-16(9-5-14)22-13(2)27/h4-11H,3,12H2,1-2H3,(H,22,27)(H,23,28)(H,24,25,26). The molecule has 3 aromatic rings. The zero-order chi connectivity index (χ0) is 22.2. The predicted octanol–water partition coefficient (Wildman–Crippen LogP) is 3.34. The minimum atomic E-state index is -0.402. The number of aromatic amines is 1. The Hall–Kier alpha value is -3.66. The fourth-order valence-corrected chi connectivity index (χ4v) is 3.18. The van der Waals surface area contributed by atoms with E-state index in [2.05, 4.69) is 25.8 Å². The van der Waals surface area contributed by atoms with Gasteiger partial charge in [0.25, 0.3) is 0 Å². The maximum absolute atomic E-state index is 12.2. The molecule has 0 radical (unpaired) electrons. The van der Waals surface area contributed by atoms with E-state index in [4.69, 9.17) is 4.74 Å². The van der Waals surface area contributed by atoms with Gasteiger partial charge in [-0.1, -0.05) is 11.8 Å².